The maximum atomic E-state index is 13.9. The Balaban J connectivity index is 6.69. The zero-order valence-electron chi connectivity index (χ0n) is 38.0. The van der Waals surface area contributed by atoms with Crippen molar-refractivity contribution in [3.05, 3.63) is 0 Å². The summed E-state index contributed by atoms with van der Waals surface area (Å²) in [6.07, 6.45) is -4.84. The predicted octanol–water partition coefficient (Wildman–Crippen LogP) is 1.88. The molecule has 24 heteroatoms. The molecule has 24 nitrogen and oxygen atoms in total. The molecule has 0 aliphatic carbocycles. The number of carboxylic acids is 4. The van der Waals surface area contributed by atoms with E-state index in [-0.39, 0.29) is 19.6 Å². The molecule has 0 rings (SSSR count). The number of hydrogen-bond donors (Lipinski definition) is 4. The topological polar surface area (TPSA) is 352 Å². The molecule has 65 heavy (non-hydrogen) atoms. The lowest BCUT2D eigenvalue weighted by Gasteiger charge is -2.33. The molecule has 0 saturated heterocycles. The molecule has 0 atom stereocenters. The standard InChI is InChI=1S/C41H62O24/c1-37(2,65-19-38(3,4)57-8)17-18-58-34(54)41(7,24-63-35(55)39(5,20-59-30(50)13-9-26(42)43)21-60-31(51)14-10-27(44)45)25-64-36(56)40(6,22-61-32(52)15-11-28(46)47)23-62-33(53)16-12-29(48)49/h9-25H2,1-8H3,(H,42,43)(H,44,45)(H,46,47)(H,48,49). The highest BCUT2D eigenvalue weighted by Crippen LogP contribution is 2.29. The first kappa shape index (κ1) is 59.1. The average molecular weight is 939 g/mol. The molecule has 0 aromatic heterocycles. The van der Waals surface area contributed by atoms with Gasteiger partial charge in [-0.3, -0.25) is 52.7 Å². The van der Waals surface area contributed by atoms with Gasteiger partial charge in [-0.1, -0.05) is 0 Å². The van der Waals surface area contributed by atoms with Gasteiger partial charge in [-0.25, -0.2) is 0 Å². The number of carboxylic acid groups (broad SMARTS) is 4. The van der Waals surface area contributed by atoms with Crippen LogP contribution in [0.2, 0.25) is 0 Å². The van der Waals surface area contributed by atoms with Gasteiger partial charge in [0, 0.05) is 13.5 Å². The molecule has 0 radical (unpaired) electrons. The molecule has 0 fully saturated rings. The van der Waals surface area contributed by atoms with Crippen LogP contribution >= 0.6 is 0 Å². The zero-order valence-corrected chi connectivity index (χ0v) is 38.0. The van der Waals surface area contributed by atoms with E-state index in [0.29, 0.717) is 0 Å². The summed E-state index contributed by atoms with van der Waals surface area (Å²) < 4.78 is 48.1. The van der Waals surface area contributed by atoms with E-state index in [0.717, 1.165) is 20.8 Å². The Bertz CT molecular complexity index is 1530. The molecule has 0 aliphatic heterocycles. The molecular formula is C41H62O24. The first-order chi connectivity index (χ1) is 29.9. The predicted molar refractivity (Wildman–Crippen MR) is 214 cm³/mol. The van der Waals surface area contributed by atoms with Crippen LogP contribution in [0, 0.1) is 16.2 Å². The number of methoxy groups -OCH3 is 1. The van der Waals surface area contributed by atoms with Gasteiger partial charge in [0.05, 0.1) is 75.8 Å². The van der Waals surface area contributed by atoms with E-state index in [2.05, 4.69) is 0 Å². The van der Waals surface area contributed by atoms with Crippen LogP contribution in [0.1, 0.15) is 106 Å². The van der Waals surface area contributed by atoms with Crippen LogP contribution in [-0.2, 0) is 95.4 Å². The van der Waals surface area contributed by atoms with Gasteiger partial charge in [0.15, 0.2) is 0 Å². The van der Waals surface area contributed by atoms with E-state index in [4.69, 9.17) is 63.1 Å². The monoisotopic (exact) mass is 938 g/mol. The summed E-state index contributed by atoms with van der Waals surface area (Å²) in [5, 5.41) is 35.7. The second kappa shape index (κ2) is 27.4. The second-order valence-corrected chi connectivity index (χ2v) is 17.0. The minimum atomic E-state index is -2.11. The lowest BCUT2D eigenvalue weighted by Crippen LogP contribution is -2.47. The van der Waals surface area contributed by atoms with Crippen LogP contribution < -0.4 is 0 Å². The fourth-order valence-corrected chi connectivity index (χ4v) is 4.42. The van der Waals surface area contributed by atoms with Crippen LogP contribution in [0.4, 0.5) is 0 Å². The fourth-order valence-electron chi connectivity index (χ4n) is 4.42. The Morgan fingerprint density at radius 3 is 0.877 bits per heavy atom. The van der Waals surface area contributed by atoms with Crippen molar-refractivity contribution >= 4 is 65.7 Å². The van der Waals surface area contributed by atoms with E-state index < -0.39 is 184 Å². The van der Waals surface area contributed by atoms with E-state index in [1.54, 1.807) is 27.7 Å². The van der Waals surface area contributed by atoms with Crippen molar-refractivity contribution in [1.29, 1.82) is 0 Å². The van der Waals surface area contributed by atoms with Crippen molar-refractivity contribution in [2.24, 2.45) is 16.2 Å². The van der Waals surface area contributed by atoms with Crippen molar-refractivity contribution in [2.75, 3.05) is 60.0 Å². The van der Waals surface area contributed by atoms with Gasteiger partial charge in [-0.15, -0.1) is 0 Å². The third kappa shape index (κ3) is 25.2. The van der Waals surface area contributed by atoms with Crippen LogP contribution in [0.15, 0.2) is 0 Å². The van der Waals surface area contributed by atoms with Crippen molar-refractivity contribution in [1.82, 2.24) is 0 Å². The van der Waals surface area contributed by atoms with Crippen molar-refractivity contribution in [2.45, 2.75) is 117 Å². The summed E-state index contributed by atoms with van der Waals surface area (Å²) in [6, 6.07) is 0. The van der Waals surface area contributed by atoms with E-state index in [1.807, 2.05) is 0 Å². The summed E-state index contributed by atoms with van der Waals surface area (Å²) in [6.45, 7) is 4.86. The van der Waals surface area contributed by atoms with Gasteiger partial charge in [0.2, 0.25) is 0 Å². The Morgan fingerprint density at radius 2 is 0.615 bits per heavy atom. The number of hydrogen-bond acceptors (Lipinski definition) is 20. The number of esters is 7. The van der Waals surface area contributed by atoms with E-state index >= 15 is 0 Å². The van der Waals surface area contributed by atoms with E-state index in [9.17, 15) is 52.7 Å². The van der Waals surface area contributed by atoms with E-state index in [1.165, 1.54) is 7.11 Å². The summed E-state index contributed by atoms with van der Waals surface area (Å²) >= 11 is 0. The lowest BCUT2D eigenvalue weighted by molar-refractivity contribution is -0.183. The molecule has 0 amide bonds. The summed E-state index contributed by atoms with van der Waals surface area (Å²) in [5.41, 5.74) is -7.79. The molecule has 0 saturated carbocycles. The maximum Gasteiger partial charge on any atom is 0.318 e. The zero-order chi connectivity index (χ0) is 50.2. The van der Waals surface area contributed by atoms with Gasteiger partial charge < -0.3 is 63.1 Å². The van der Waals surface area contributed by atoms with Crippen LogP contribution in [0.3, 0.4) is 0 Å². The molecule has 0 unspecified atom stereocenters. The molecule has 0 spiro atoms. The van der Waals surface area contributed by atoms with Crippen molar-refractivity contribution < 1.29 is 116 Å². The Hall–Kier alpha value is -5.91. The summed E-state index contributed by atoms with van der Waals surface area (Å²) in [4.78, 5) is 134. The van der Waals surface area contributed by atoms with Crippen LogP contribution in [0.5, 0.6) is 0 Å². The Labute approximate surface area is 374 Å². The number of ether oxygens (including phenoxy) is 9. The number of carbonyl (C=O) groups is 11. The summed E-state index contributed by atoms with van der Waals surface area (Å²) in [5.74, 6) is -13.2. The molecule has 0 bridgehead atoms. The van der Waals surface area contributed by atoms with Gasteiger partial charge in [-0.05, 0) is 48.5 Å². The van der Waals surface area contributed by atoms with Crippen molar-refractivity contribution in [3.63, 3.8) is 0 Å². The highest BCUT2D eigenvalue weighted by molar-refractivity contribution is 5.83. The van der Waals surface area contributed by atoms with Gasteiger partial charge >= 0.3 is 65.7 Å². The second-order valence-electron chi connectivity index (χ2n) is 17.0. The quantitative estimate of drug-likeness (QED) is 0.0528. The molecule has 0 heterocycles. The molecule has 0 aromatic carbocycles. The normalized spacial score (nSPS) is 11.9. The number of rotatable bonds is 34. The summed E-state index contributed by atoms with van der Waals surface area (Å²) in [7, 11) is 1.50. The molecule has 0 aliphatic rings. The third-order valence-corrected chi connectivity index (χ3v) is 9.20. The van der Waals surface area contributed by atoms with Gasteiger partial charge in [0.25, 0.3) is 0 Å². The molecule has 4 N–H and O–H groups in total. The smallest absolute Gasteiger partial charge is 0.318 e. The third-order valence-electron chi connectivity index (χ3n) is 9.20. The first-order valence-electron chi connectivity index (χ1n) is 20.1. The van der Waals surface area contributed by atoms with Crippen LogP contribution in [-0.4, -0.2) is 157 Å². The molecule has 0 aromatic rings. The minimum absolute atomic E-state index is 0.102. The first-order valence-corrected chi connectivity index (χ1v) is 20.1. The molecule has 370 valence electrons. The Kier molecular flexibility index (Phi) is 24.9. The Morgan fingerprint density at radius 1 is 0.354 bits per heavy atom. The minimum Gasteiger partial charge on any atom is -0.481 e. The molecular weight excluding hydrogens is 876 g/mol. The number of carbonyl (C=O) groups excluding carboxylic acids is 7. The largest absolute Gasteiger partial charge is 0.481 e. The fraction of sp³-hybridized carbons (Fsp3) is 0.732. The SMILES string of the molecule is COC(C)(C)COC(C)(C)CCOC(=O)C(C)(COC(=O)C(C)(COC(=O)CCC(=O)O)COC(=O)CCC(=O)O)COC(=O)C(C)(COC(=O)CCC(=O)O)COC(=O)CCC(=O)O. The highest BCUT2D eigenvalue weighted by Gasteiger charge is 2.46. The van der Waals surface area contributed by atoms with Gasteiger partial charge in [-0.2, -0.15) is 0 Å². The number of aliphatic carboxylic acids is 4. The average Bonchev–Trinajstić information content (AvgIpc) is 3.23. The maximum absolute atomic E-state index is 13.9. The highest BCUT2D eigenvalue weighted by atomic mass is 16.6. The van der Waals surface area contributed by atoms with Crippen LogP contribution in [0.25, 0.3) is 0 Å². The lowest BCUT2D eigenvalue weighted by atomic mass is 9.90. The van der Waals surface area contributed by atoms with Crippen molar-refractivity contribution in [3.8, 4) is 0 Å². The van der Waals surface area contributed by atoms with Gasteiger partial charge in [0.1, 0.15) is 55.9 Å².